The molecule has 0 saturated heterocycles. The summed E-state index contributed by atoms with van der Waals surface area (Å²) in [5, 5.41) is 0.948. The van der Waals surface area contributed by atoms with Crippen LogP contribution in [-0.4, -0.2) is 24.6 Å². The minimum atomic E-state index is -0.0621. The highest BCUT2D eigenvalue weighted by molar-refractivity contribution is 6.16. The average Bonchev–Trinajstić information content (AvgIpc) is 3.18. The Morgan fingerprint density at radius 3 is 2.21 bits per heavy atom. The van der Waals surface area contributed by atoms with E-state index in [1.165, 1.54) is 0 Å². The first-order valence-electron chi connectivity index (χ1n) is 9.66. The molecule has 1 aliphatic heterocycles. The summed E-state index contributed by atoms with van der Waals surface area (Å²) in [4.78, 5) is 13.2. The van der Waals surface area contributed by atoms with Crippen molar-refractivity contribution in [1.29, 1.82) is 0 Å². The molecule has 1 atom stereocenters. The minimum absolute atomic E-state index is 0.0621. The lowest BCUT2D eigenvalue weighted by Gasteiger charge is -2.27. The van der Waals surface area contributed by atoms with Crippen molar-refractivity contribution in [2.45, 2.75) is 12.5 Å². The van der Waals surface area contributed by atoms with Gasteiger partial charge >= 0.3 is 0 Å². The second kappa shape index (κ2) is 6.82. The lowest BCUT2D eigenvalue weighted by atomic mass is 9.91. The number of aromatic nitrogens is 1. The number of Topliss-reactive ketones (excluding diaryl/α,β-unsaturated/α-hetero) is 1. The maximum absolute atomic E-state index is 13.2. The van der Waals surface area contributed by atoms with E-state index in [1.807, 2.05) is 42.5 Å². The Morgan fingerprint density at radius 1 is 0.897 bits per heavy atom. The molecule has 2 heterocycles. The first-order chi connectivity index (χ1) is 14.2. The predicted octanol–water partition coefficient (Wildman–Crippen LogP) is 5.50. The molecule has 0 aliphatic carbocycles. The third-order valence-corrected chi connectivity index (χ3v) is 5.73. The Labute approximate surface area is 169 Å². The number of methoxy groups -OCH3 is 2. The molecule has 0 spiro atoms. The van der Waals surface area contributed by atoms with E-state index in [2.05, 4.69) is 35.0 Å². The number of benzene rings is 3. The van der Waals surface area contributed by atoms with E-state index in [4.69, 9.17) is 9.47 Å². The highest BCUT2D eigenvalue weighted by atomic mass is 16.5. The van der Waals surface area contributed by atoms with E-state index in [9.17, 15) is 4.79 Å². The fourth-order valence-corrected chi connectivity index (χ4v) is 4.41. The van der Waals surface area contributed by atoms with E-state index >= 15 is 0 Å². The van der Waals surface area contributed by atoms with Crippen molar-refractivity contribution in [2.75, 3.05) is 14.2 Å². The Morgan fingerprint density at radius 2 is 1.55 bits per heavy atom. The zero-order valence-corrected chi connectivity index (χ0v) is 16.4. The number of hydrogen-bond donors (Lipinski definition) is 0. The zero-order chi connectivity index (χ0) is 20.0. The van der Waals surface area contributed by atoms with Gasteiger partial charge < -0.3 is 14.0 Å². The smallest absolute Gasteiger partial charge is 0.171 e. The second-order valence-electron chi connectivity index (χ2n) is 7.25. The molecule has 1 aliphatic rings. The molecule has 0 N–H and O–H groups in total. The summed E-state index contributed by atoms with van der Waals surface area (Å²) in [6.45, 7) is 0. The Balaban J connectivity index is 1.90. The van der Waals surface area contributed by atoms with Gasteiger partial charge in [-0.2, -0.15) is 0 Å². The fraction of sp³-hybridized carbons (Fsp3) is 0.160. The molecular weight excluding hydrogens is 362 g/mol. The van der Waals surface area contributed by atoms with Gasteiger partial charge in [-0.1, -0.05) is 60.7 Å². The minimum Gasteiger partial charge on any atom is -0.496 e. The van der Waals surface area contributed by atoms with Crippen molar-refractivity contribution in [3.05, 3.63) is 84.1 Å². The fourth-order valence-electron chi connectivity index (χ4n) is 4.41. The quantitative estimate of drug-likeness (QED) is 0.467. The molecule has 0 bridgehead atoms. The Bertz CT molecular complexity index is 1210. The third-order valence-electron chi connectivity index (χ3n) is 5.73. The molecule has 4 nitrogen and oxygen atoms in total. The van der Waals surface area contributed by atoms with Gasteiger partial charge in [0, 0.05) is 24.2 Å². The normalized spacial score (nSPS) is 15.5. The molecule has 1 aromatic heterocycles. The van der Waals surface area contributed by atoms with Crippen molar-refractivity contribution in [3.8, 4) is 22.6 Å². The van der Waals surface area contributed by atoms with Crippen molar-refractivity contribution < 1.29 is 14.3 Å². The van der Waals surface area contributed by atoms with Gasteiger partial charge in [0.1, 0.15) is 11.5 Å². The van der Waals surface area contributed by atoms with Crippen LogP contribution < -0.4 is 9.47 Å². The van der Waals surface area contributed by atoms with Crippen LogP contribution in [0, 0.1) is 0 Å². The molecule has 0 fully saturated rings. The van der Waals surface area contributed by atoms with Gasteiger partial charge in [-0.25, -0.2) is 0 Å². The molecule has 4 heteroatoms. The SMILES string of the molecule is COc1cc(OC)c2c(-c3ccccc3)cn3c2c1C(=O)CC3c1ccccc1. The van der Waals surface area contributed by atoms with Crippen molar-refractivity contribution in [3.63, 3.8) is 0 Å². The van der Waals surface area contributed by atoms with Crippen molar-refractivity contribution in [1.82, 2.24) is 4.57 Å². The second-order valence-corrected chi connectivity index (χ2v) is 7.25. The maximum atomic E-state index is 13.2. The molecule has 4 aromatic rings. The molecule has 29 heavy (non-hydrogen) atoms. The van der Waals surface area contributed by atoms with E-state index in [-0.39, 0.29) is 11.8 Å². The van der Waals surface area contributed by atoms with Gasteiger partial charge in [0.05, 0.1) is 36.7 Å². The first-order valence-corrected chi connectivity index (χ1v) is 9.66. The Hall–Kier alpha value is -3.53. The van der Waals surface area contributed by atoms with Gasteiger partial charge in [-0.15, -0.1) is 0 Å². The zero-order valence-electron chi connectivity index (χ0n) is 16.4. The monoisotopic (exact) mass is 383 g/mol. The highest BCUT2D eigenvalue weighted by Crippen LogP contribution is 2.47. The summed E-state index contributed by atoms with van der Waals surface area (Å²) in [6.07, 6.45) is 2.55. The van der Waals surface area contributed by atoms with Crippen molar-refractivity contribution >= 4 is 16.7 Å². The molecule has 0 saturated carbocycles. The summed E-state index contributed by atoms with van der Waals surface area (Å²) in [5.74, 6) is 1.36. The van der Waals surface area contributed by atoms with Crippen molar-refractivity contribution in [2.24, 2.45) is 0 Å². The van der Waals surface area contributed by atoms with E-state index in [0.717, 1.165) is 27.6 Å². The highest BCUT2D eigenvalue weighted by Gasteiger charge is 2.34. The van der Waals surface area contributed by atoms with E-state index in [1.54, 1.807) is 14.2 Å². The Kier molecular flexibility index (Phi) is 4.13. The number of carbonyl (C=O) groups excluding carboxylic acids is 1. The third kappa shape index (κ3) is 2.64. The number of ketones is 1. The van der Waals surface area contributed by atoms with Gasteiger partial charge in [0.15, 0.2) is 5.78 Å². The van der Waals surface area contributed by atoms with Crippen LogP contribution in [0.4, 0.5) is 0 Å². The molecule has 1 unspecified atom stereocenters. The lowest BCUT2D eigenvalue weighted by molar-refractivity contribution is 0.0961. The summed E-state index contributed by atoms with van der Waals surface area (Å²) < 4.78 is 13.5. The topological polar surface area (TPSA) is 40.5 Å². The van der Waals surface area contributed by atoms with Crippen LogP contribution in [0.3, 0.4) is 0 Å². The average molecular weight is 383 g/mol. The summed E-state index contributed by atoms with van der Waals surface area (Å²) >= 11 is 0. The standard InChI is InChI=1S/C25H21NO3/c1-28-21-14-22(29-2)24-20(27)13-19(17-11-7-4-8-12-17)26-15-18(23(21)25(24)26)16-9-5-3-6-10-16/h3-12,14-15,19H,13H2,1-2H3. The molecular formula is C25H21NO3. The van der Waals surface area contributed by atoms with Crippen LogP contribution in [0.15, 0.2) is 72.9 Å². The van der Waals surface area contributed by atoms with Gasteiger partial charge in [-0.05, 0) is 11.1 Å². The summed E-state index contributed by atoms with van der Waals surface area (Å²) in [7, 11) is 3.25. The van der Waals surface area contributed by atoms with Gasteiger partial charge in [0.25, 0.3) is 0 Å². The lowest BCUT2D eigenvalue weighted by Crippen LogP contribution is -2.21. The van der Waals surface area contributed by atoms with Crippen LogP contribution >= 0.6 is 0 Å². The van der Waals surface area contributed by atoms with Gasteiger partial charge in [-0.3, -0.25) is 4.79 Å². The van der Waals surface area contributed by atoms with Crippen LogP contribution in [0.5, 0.6) is 11.5 Å². The number of nitrogens with zero attached hydrogens (tertiary/aromatic N) is 1. The first kappa shape index (κ1) is 17.6. The van der Waals surface area contributed by atoms with Crippen LogP contribution in [0.2, 0.25) is 0 Å². The number of ether oxygens (including phenoxy) is 2. The molecule has 5 rings (SSSR count). The molecule has 0 amide bonds. The van der Waals surface area contributed by atoms with Gasteiger partial charge in [0.2, 0.25) is 0 Å². The van der Waals surface area contributed by atoms with Crippen LogP contribution in [0.1, 0.15) is 28.4 Å². The molecule has 144 valence electrons. The van der Waals surface area contributed by atoms with E-state index in [0.29, 0.717) is 23.5 Å². The molecule has 3 aromatic carbocycles. The molecule has 0 radical (unpaired) electrons. The summed E-state index contributed by atoms with van der Waals surface area (Å²) in [6, 6.07) is 22.2. The predicted molar refractivity (Wildman–Crippen MR) is 114 cm³/mol. The number of rotatable bonds is 4. The largest absolute Gasteiger partial charge is 0.496 e. The number of hydrogen-bond acceptors (Lipinski definition) is 3. The summed E-state index contributed by atoms with van der Waals surface area (Å²) in [5.41, 5.74) is 4.77. The van der Waals surface area contributed by atoms with Crippen LogP contribution in [0.25, 0.3) is 22.0 Å². The maximum Gasteiger partial charge on any atom is 0.171 e. The number of carbonyl (C=O) groups is 1. The van der Waals surface area contributed by atoms with E-state index < -0.39 is 0 Å². The van der Waals surface area contributed by atoms with Crippen LogP contribution in [-0.2, 0) is 0 Å².